The third kappa shape index (κ3) is 5.58. The molecule has 8 nitrogen and oxygen atoms in total. The fourth-order valence-corrected chi connectivity index (χ4v) is 3.09. The quantitative estimate of drug-likeness (QED) is 0.267. The summed E-state index contributed by atoms with van der Waals surface area (Å²) in [4.78, 5) is 10.3. The van der Waals surface area contributed by atoms with Crippen LogP contribution in [0.25, 0.3) is 0 Å². The Morgan fingerprint density at radius 3 is 2.61 bits per heavy atom. The van der Waals surface area contributed by atoms with Crippen LogP contribution in [0.3, 0.4) is 0 Å². The number of rotatable bonds is 8. The number of nitrogens with zero attached hydrogens (tertiary/aromatic N) is 3. The fourth-order valence-electron chi connectivity index (χ4n) is 2.67. The van der Waals surface area contributed by atoms with Crippen LogP contribution in [0.5, 0.6) is 11.5 Å². The molecule has 0 radical (unpaired) electrons. The predicted octanol–water partition coefficient (Wildman–Crippen LogP) is 5.26. The molecular weight excluding hydrogens is 464 g/mol. The highest BCUT2D eigenvalue weighted by molar-refractivity contribution is 9.10. The summed E-state index contributed by atoms with van der Waals surface area (Å²) in [5, 5.41) is 24.1. The van der Waals surface area contributed by atoms with Crippen LogP contribution in [-0.2, 0) is 6.61 Å². The van der Waals surface area contributed by atoms with Crippen LogP contribution in [0.2, 0.25) is 0 Å². The van der Waals surface area contributed by atoms with E-state index < -0.39 is 4.92 Å². The number of nitro groups is 1. The molecule has 156 valence electrons. The molecular formula is C22H17BrN4O4. The zero-order chi connectivity index (χ0) is 22.2. The number of hydrogen-bond acceptors (Lipinski definition) is 7. The number of hydrazone groups is 1. The van der Waals surface area contributed by atoms with Gasteiger partial charge in [-0.15, -0.1) is 0 Å². The number of nitriles is 1. The Hall–Kier alpha value is -3.90. The van der Waals surface area contributed by atoms with Gasteiger partial charge < -0.3 is 9.47 Å². The van der Waals surface area contributed by atoms with Crippen LogP contribution in [0.1, 0.15) is 16.7 Å². The van der Waals surface area contributed by atoms with Crippen molar-refractivity contribution in [1.29, 1.82) is 5.26 Å². The molecule has 0 saturated carbocycles. The van der Waals surface area contributed by atoms with E-state index in [1.54, 1.807) is 42.6 Å². The first-order valence-electron chi connectivity index (χ1n) is 9.03. The zero-order valence-electron chi connectivity index (χ0n) is 16.4. The minimum absolute atomic E-state index is 0.00925. The van der Waals surface area contributed by atoms with Gasteiger partial charge >= 0.3 is 0 Å². The summed E-state index contributed by atoms with van der Waals surface area (Å²) in [6.07, 6.45) is 1.59. The molecule has 0 spiro atoms. The number of anilines is 1. The summed E-state index contributed by atoms with van der Waals surface area (Å²) in [7, 11) is 1.54. The van der Waals surface area contributed by atoms with Crippen molar-refractivity contribution in [3.05, 3.63) is 91.9 Å². The van der Waals surface area contributed by atoms with E-state index in [0.717, 1.165) is 15.6 Å². The minimum atomic E-state index is -0.459. The SMILES string of the molecule is COc1cc(/C=N/Nc2ccc([N+](=O)[O-])cc2)c(Br)cc1OCc1ccccc1C#N. The van der Waals surface area contributed by atoms with Crippen LogP contribution in [0.15, 0.2) is 70.2 Å². The highest BCUT2D eigenvalue weighted by Gasteiger charge is 2.11. The Morgan fingerprint density at radius 2 is 1.94 bits per heavy atom. The second kappa shape index (κ2) is 10.2. The smallest absolute Gasteiger partial charge is 0.269 e. The molecule has 31 heavy (non-hydrogen) atoms. The van der Waals surface area contributed by atoms with Gasteiger partial charge in [-0.3, -0.25) is 15.5 Å². The van der Waals surface area contributed by atoms with Crippen LogP contribution in [0.4, 0.5) is 11.4 Å². The van der Waals surface area contributed by atoms with Crippen molar-refractivity contribution >= 4 is 33.5 Å². The Labute approximate surface area is 187 Å². The predicted molar refractivity (Wildman–Crippen MR) is 120 cm³/mol. The van der Waals surface area contributed by atoms with Gasteiger partial charge in [-0.05, 0) is 46.3 Å². The van der Waals surface area contributed by atoms with Crippen LogP contribution >= 0.6 is 15.9 Å². The summed E-state index contributed by atoms with van der Waals surface area (Å²) in [5.41, 5.74) is 5.51. The number of nitro benzene ring substituents is 1. The Balaban J connectivity index is 1.72. The maximum atomic E-state index is 10.7. The number of hydrogen-bond donors (Lipinski definition) is 1. The summed E-state index contributed by atoms with van der Waals surface area (Å²) in [5.74, 6) is 1.03. The van der Waals surface area contributed by atoms with Gasteiger partial charge in [-0.2, -0.15) is 10.4 Å². The first kappa shape index (κ1) is 21.8. The molecule has 0 fully saturated rings. The third-order valence-electron chi connectivity index (χ3n) is 4.28. The second-order valence-corrected chi connectivity index (χ2v) is 7.11. The van der Waals surface area contributed by atoms with Gasteiger partial charge in [-0.1, -0.05) is 18.2 Å². The van der Waals surface area contributed by atoms with E-state index in [4.69, 9.17) is 9.47 Å². The van der Waals surface area contributed by atoms with E-state index in [2.05, 4.69) is 32.5 Å². The molecule has 1 N–H and O–H groups in total. The Morgan fingerprint density at radius 1 is 1.19 bits per heavy atom. The van der Waals surface area contributed by atoms with Gasteiger partial charge in [0.2, 0.25) is 0 Å². The third-order valence-corrected chi connectivity index (χ3v) is 4.97. The Kier molecular flexibility index (Phi) is 7.19. The molecule has 3 aromatic carbocycles. The maximum Gasteiger partial charge on any atom is 0.269 e. The average Bonchev–Trinajstić information content (AvgIpc) is 2.79. The van der Waals surface area contributed by atoms with Gasteiger partial charge in [0, 0.05) is 27.7 Å². The molecule has 0 atom stereocenters. The summed E-state index contributed by atoms with van der Waals surface area (Å²) in [6.45, 7) is 0.224. The van der Waals surface area contributed by atoms with E-state index in [1.807, 2.05) is 12.1 Å². The summed E-state index contributed by atoms with van der Waals surface area (Å²) < 4.78 is 12.0. The topological polar surface area (TPSA) is 110 Å². The lowest BCUT2D eigenvalue weighted by atomic mass is 10.1. The summed E-state index contributed by atoms with van der Waals surface area (Å²) in [6, 6.07) is 18.8. The van der Waals surface area contributed by atoms with E-state index in [1.165, 1.54) is 19.2 Å². The number of benzene rings is 3. The minimum Gasteiger partial charge on any atom is -0.493 e. The lowest BCUT2D eigenvalue weighted by Crippen LogP contribution is -2.01. The first-order chi connectivity index (χ1) is 15.0. The standard InChI is InChI=1S/C22H17BrN4O4/c1-30-21-10-17(13-25-26-18-6-8-19(9-7-18)27(28)29)20(23)11-22(21)31-14-16-5-3-2-4-15(16)12-24/h2-11,13,26H,14H2,1H3/b25-13+. The Bertz CT molecular complexity index is 1160. The number of methoxy groups -OCH3 is 1. The molecule has 0 aromatic heterocycles. The summed E-state index contributed by atoms with van der Waals surface area (Å²) >= 11 is 3.49. The van der Waals surface area contributed by atoms with Crippen molar-refractivity contribution in [2.75, 3.05) is 12.5 Å². The van der Waals surface area contributed by atoms with Crippen molar-refractivity contribution < 1.29 is 14.4 Å². The average molecular weight is 481 g/mol. The fraction of sp³-hybridized carbons (Fsp3) is 0.0909. The van der Waals surface area contributed by atoms with Gasteiger partial charge in [0.1, 0.15) is 6.61 Å². The van der Waals surface area contributed by atoms with Crippen molar-refractivity contribution in [2.24, 2.45) is 5.10 Å². The molecule has 3 rings (SSSR count). The van der Waals surface area contributed by atoms with Crippen molar-refractivity contribution in [3.63, 3.8) is 0 Å². The molecule has 0 bridgehead atoms. The molecule has 0 unspecified atom stereocenters. The van der Waals surface area contributed by atoms with Crippen LogP contribution < -0.4 is 14.9 Å². The molecule has 0 aliphatic carbocycles. The maximum absolute atomic E-state index is 10.7. The molecule has 0 aliphatic heterocycles. The zero-order valence-corrected chi connectivity index (χ0v) is 18.0. The monoisotopic (exact) mass is 480 g/mol. The van der Waals surface area contributed by atoms with Crippen molar-refractivity contribution in [3.8, 4) is 17.6 Å². The highest BCUT2D eigenvalue weighted by atomic mass is 79.9. The first-order valence-corrected chi connectivity index (χ1v) is 9.83. The molecule has 0 aliphatic rings. The highest BCUT2D eigenvalue weighted by Crippen LogP contribution is 2.33. The normalized spacial score (nSPS) is 10.5. The number of ether oxygens (including phenoxy) is 2. The lowest BCUT2D eigenvalue weighted by molar-refractivity contribution is -0.384. The van der Waals surface area contributed by atoms with Crippen LogP contribution in [0, 0.1) is 21.4 Å². The molecule has 3 aromatic rings. The molecule has 0 heterocycles. The second-order valence-electron chi connectivity index (χ2n) is 6.26. The van der Waals surface area contributed by atoms with E-state index in [-0.39, 0.29) is 12.3 Å². The number of halogens is 1. The van der Waals surface area contributed by atoms with E-state index >= 15 is 0 Å². The van der Waals surface area contributed by atoms with Gasteiger partial charge in [0.25, 0.3) is 5.69 Å². The number of non-ortho nitro benzene ring substituents is 1. The van der Waals surface area contributed by atoms with Gasteiger partial charge in [-0.25, -0.2) is 0 Å². The van der Waals surface area contributed by atoms with Gasteiger partial charge in [0.05, 0.1) is 35.6 Å². The van der Waals surface area contributed by atoms with Crippen molar-refractivity contribution in [1.82, 2.24) is 0 Å². The molecule has 0 amide bonds. The van der Waals surface area contributed by atoms with E-state index in [0.29, 0.717) is 22.7 Å². The van der Waals surface area contributed by atoms with E-state index in [9.17, 15) is 15.4 Å². The van der Waals surface area contributed by atoms with Crippen LogP contribution in [-0.4, -0.2) is 18.2 Å². The largest absolute Gasteiger partial charge is 0.493 e. The molecule has 9 heteroatoms. The number of nitrogens with one attached hydrogen (secondary N) is 1. The lowest BCUT2D eigenvalue weighted by Gasteiger charge is -2.13. The van der Waals surface area contributed by atoms with Gasteiger partial charge in [0.15, 0.2) is 11.5 Å². The van der Waals surface area contributed by atoms with Crippen molar-refractivity contribution in [2.45, 2.75) is 6.61 Å². The molecule has 0 saturated heterocycles.